The first-order chi connectivity index (χ1) is 16.4. The van der Waals surface area contributed by atoms with Crippen LogP contribution in [0.3, 0.4) is 0 Å². The van der Waals surface area contributed by atoms with Crippen molar-refractivity contribution in [2.24, 2.45) is 0 Å². The third-order valence-corrected chi connectivity index (χ3v) is 7.68. The number of thiophene rings is 1. The van der Waals surface area contributed by atoms with E-state index in [4.69, 9.17) is 9.15 Å². The molecule has 1 N–H and O–H groups in total. The second-order valence-electron chi connectivity index (χ2n) is 7.59. The first-order valence-corrected chi connectivity index (χ1v) is 13.2. The number of nitrogens with zero attached hydrogens (tertiary/aromatic N) is 2. The number of benzene rings is 1. The zero-order valence-electron chi connectivity index (χ0n) is 18.4. The van der Waals surface area contributed by atoms with Crippen LogP contribution in [0.15, 0.2) is 40.0 Å². The molecule has 1 aliphatic carbocycles. The van der Waals surface area contributed by atoms with Crippen molar-refractivity contribution in [1.82, 2.24) is 10.2 Å². The minimum absolute atomic E-state index is 0.00151. The Balaban J connectivity index is 1.48. The zero-order chi connectivity index (χ0) is 24.1. The van der Waals surface area contributed by atoms with Crippen LogP contribution in [0.5, 0.6) is 0 Å². The summed E-state index contributed by atoms with van der Waals surface area (Å²) in [5, 5.41) is 9.54. The molecular formula is C23H23N3O6S2. The van der Waals surface area contributed by atoms with E-state index in [1.54, 1.807) is 13.0 Å². The van der Waals surface area contributed by atoms with Crippen LogP contribution in [-0.2, 0) is 32.2 Å². The summed E-state index contributed by atoms with van der Waals surface area (Å²) >= 11 is 1.29. The number of esters is 1. The first-order valence-electron chi connectivity index (χ1n) is 10.8. The van der Waals surface area contributed by atoms with Crippen molar-refractivity contribution in [3.8, 4) is 0 Å². The number of hydrogen-bond donors (Lipinski definition) is 1. The zero-order valence-corrected chi connectivity index (χ0v) is 20.1. The SMILES string of the molecule is CCOC(=O)c1c(NC(=O)CS(=O)(=O)c2nnc(C=Cc3ccccc3)o2)sc2c1CCCC2. The molecule has 0 atom stereocenters. The maximum absolute atomic E-state index is 12.7. The maximum Gasteiger partial charge on any atom is 0.341 e. The fourth-order valence-corrected chi connectivity index (χ4v) is 5.83. The van der Waals surface area contributed by atoms with Gasteiger partial charge in [0.1, 0.15) is 10.8 Å². The number of aromatic nitrogens is 2. The van der Waals surface area contributed by atoms with Crippen LogP contribution < -0.4 is 5.32 Å². The molecule has 2 heterocycles. The predicted octanol–water partition coefficient (Wildman–Crippen LogP) is 3.77. The molecule has 0 saturated carbocycles. The van der Waals surface area contributed by atoms with Crippen LogP contribution in [0.4, 0.5) is 5.00 Å². The van der Waals surface area contributed by atoms with Gasteiger partial charge in [0.15, 0.2) is 0 Å². The molecule has 0 unspecified atom stereocenters. The summed E-state index contributed by atoms with van der Waals surface area (Å²) in [7, 11) is -4.18. The van der Waals surface area contributed by atoms with Crippen molar-refractivity contribution in [2.75, 3.05) is 17.7 Å². The van der Waals surface area contributed by atoms with Gasteiger partial charge in [-0.15, -0.1) is 16.4 Å². The van der Waals surface area contributed by atoms with Crippen molar-refractivity contribution < 1.29 is 27.2 Å². The maximum atomic E-state index is 12.7. The highest BCUT2D eigenvalue weighted by Crippen LogP contribution is 2.38. The molecule has 9 nitrogen and oxygen atoms in total. The highest BCUT2D eigenvalue weighted by Gasteiger charge is 2.30. The Bertz CT molecular complexity index is 1330. The summed E-state index contributed by atoms with van der Waals surface area (Å²) < 4.78 is 35.7. The van der Waals surface area contributed by atoms with Crippen molar-refractivity contribution in [2.45, 2.75) is 37.8 Å². The summed E-state index contributed by atoms with van der Waals surface area (Å²) in [5.74, 6) is -2.23. The van der Waals surface area contributed by atoms with Gasteiger partial charge in [0.05, 0.1) is 12.2 Å². The van der Waals surface area contributed by atoms with E-state index >= 15 is 0 Å². The monoisotopic (exact) mass is 501 g/mol. The fraction of sp³-hybridized carbons (Fsp3) is 0.304. The largest absolute Gasteiger partial charge is 0.462 e. The number of anilines is 1. The molecule has 2 aromatic heterocycles. The van der Waals surface area contributed by atoms with E-state index in [0.717, 1.165) is 41.7 Å². The van der Waals surface area contributed by atoms with Gasteiger partial charge in [-0.05, 0) is 49.8 Å². The quantitative estimate of drug-likeness (QED) is 0.462. The number of fused-ring (bicyclic) bond motifs is 1. The molecule has 34 heavy (non-hydrogen) atoms. The van der Waals surface area contributed by atoms with E-state index in [1.807, 2.05) is 30.3 Å². The van der Waals surface area contributed by atoms with Crippen LogP contribution in [-0.4, -0.2) is 42.9 Å². The van der Waals surface area contributed by atoms with Crippen LogP contribution in [0.25, 0.3) is 12.2 Å². The molecule has 178 valence electrons. The van der Waals surface area contributed by atoms with Crippen LogP contribution in [0.1, 0.15) is 52.0 Å². The van der Waals surface area contributed by atoms with Gasteiger partial charge in [0, 0.05) is 11.0 Å². The van der Waals surface area contributed by atoms with Gasteiger partial charge in [-0.25, -0.2) is 13.2 Å². The Kier molecular flexibility index (Phi) is 7.23. The summed E-state index contributed by atoms with van der Waals surface area (Å²) in [4.78, 5) is 26.2. The lowest BCUT2D eigenvalue weighted by atomic mass is 9.95. The van der Waals surface area contributed by atoms with Gasteiger partial charge in [-0.2, -0.15) is 0 Å². The lowest BCUT2D eigenvalue weighted by molar-refractivity contribution is -0.113. The van der Waals surface area contributed by atoms with Gasteiger partial charge < -0.3 is 14.5 Å². The van der Waals surface area contributed by atoms with Gasteiger partial charge in [0.25, 0.3) is 0 Å². The molecular weight excluding hydrogens is 478 g/mol. The third kappa shape index (κ3) is 5.42. The molecule has 0 bridgehead atoms. The van der Waals surface area contributed by atoms with E-state index in [9.17, 15) is 18.0 Å². The minimum atomic E-state index is -4.18. The molecule has 11 heteroatoms. The number of rotatable bonds is 8. The molecule has 0 radical (unpaired) electrons. The van der Waals surface area contributed by atoms with Crippen molar-refractivity contribution in [1.29, 1.82) is 0 Å². The average Bonchev–Trinajstić information content (AvgIpc) is 3.43. The molecule has 0 spiro atoms. The Morgan fingerprint density at radius 1 is 1.15 bits per heavy atom. The number of ether oxygens (including phenoxy) is 1. The van der Waals surface area contributed by atoms with E-state index in [2.05, 4.69) is 15.5 Å². The molecule has 1 aliphatic rings. The smallest absolute Gasteiger partial charge is 0.341 e. The van der Waals surface area contributed by atoms with Gasteiger partial charge in [0.2, 0.25) is 21.6 Å². The molecule has 1 amide bonds. The molecule has 0 fully saturated rings. The highest BCUT2D eigenvalue weighted by atomic mass is 32.2. The number of carbonyl (C=O) groups is 2. The van der Waals surface area contributed by atoms with Crippen LogP contribution >= 0.6 is 11.3 Å². The van der Waals surface area contributed by atoms with Gasteiger partial charge in [-0.1, -0.05) is 35.4 Å². The minimum Gasteiger partial charge on any atom is -0.462 e. The highest BCUT2D eigenvalue weighted by molar-refractivity contribution is 7.91. The van der Waals surface area contributed by atoms with Gasteiger partial charge >= 0.3 is 11.2 Å². The lowest BCUT2D eigenvalue weighted by Crippen LogP contribution is -2.24. The average molecular weight is 502 g/mol. The number of amides is 1. The number of aryl methyl sites for hydroxylation is 1. The third-order valence-electron chi connectivity index (χ3n) is 5.13. The van der Waals surface area contributed by atoms with Crippen LogP contribution in [0.2, 0.25) is 0 Å². The number of hydrogen-bond acceptors (Lipinski definition) is 9. The first kappa shape index (κ1) is 23.8. The summed E-state index contributed by atoms with van der Waals surface area (Å²) in [6, 6.07) is 9.32. The molecule has 1 aromatic carbocycles. The number of sulfone groups is 1. The van der Waals surface area contributed by atoms with E-state index in [0.29, 0.717) is 10.6 Å². The predicted molar refractivity (Wildman–Crippen MR) is 127 cm³/mol. The summed E-state index contributed by atoms with van der Waals surface area (Å²) in [5.41, 5.74) is 2.07. The van der Waals surface area contributed by atoms with Crippen molar-refractivity contribution in [3.63, 3.8) is 0 Å². The molecule has 0 aliphatic heterocycles. The van der Waals surface area contributed by atoms with E-state index in [1.165, 1.54) is 17.4 Å². The summed E-state index contributed by atoms with van der Waals surface area (Å²) in [6.07, 6.45) is 6.65. The normalized spacial score (nSPS) is 13.6. The molecule has 3 aromatic rings. The fourth-order valence-electron chi connectivity index (χ4n) is 3.62. The standard InChI is InChI=1S/C23H23N3O6S2/c1-2-31-22(28)20-16-10-6-7-11-17(16)33-21(20)24-18(27)14-34(29,30)23-26-25-19(32-23)13-12-15-8-4-3-5-9-15/h3-5,8-9,12-13H,2,6-7,10-11,14H2,1H3,(H,24,27). The Morgan fingerprint density at radius 3 is 2.68 bits per heavy atom. The lowest BCUT2D eigenvalue weighted by Gasteiger charge is -2.12. The Morgan fingerprint density at radius 2 is 1.91 bits per heavy atom. The number of nitrogens with one attached hydrogen (secondary N) is 1. The Labute approximate surface area is 200 Å². The summed E-state index contributed by atoms with van der Waals surface area (Å²) in [6.45, 7) is 1.90. The number of carbonyl (C=O) groups excluding carboxylic acids is 2. The van der Waals surface area contributed by atoms with E-state index in [-0.39, 0.29) is 12.5 Å². The molecule has 0 saturated heterocycles. The topological polar surface area (TPSA) is 128 Å². The van der Waals surface area contributed by atoms with Gasteiger partial charge in [-0.3, -0.25) is 4.79 Å². The second-order valence-corrected chi connectivity index (χ2v) is 10.6. The second kappa shape index (κ2) is 10.3. The van der Waals surface area contributed by atoms with Crippen LogP contribution in [0, 0.1) is 0 Å². The Hall–Kier alpha value is -3.31. The van der Waals surface area contributed by atoms with E-state index < -0.39 is 32.7 Å². The molecule has 4 rings (SSSR count). The van der Waals surface area contributed by atoms with Crippen molar-refractivity contribution in [3.05, 3.63) is 57.8 Å². The van der Waals surface area contributed by atoms with Crippen molar-refractivity contribution >= 4 is 50.2 Å².